The molecule has 4 nitrogen and oxygen atoms in total. The van der Waals surface area contributed by atoms with Crippen LogP contribution in [0.3, 0.4) is 0 Å². The van der Waals surface area contributed by atoms with Crippen molar-refractivity contribution in [2.75, 3.05) is 11.5 Å². The maximum Gasteiger partial charge on any atom is 0.166 e. The van der Waals surface area contributed by atoms with Crippen molar-refractivity contribution < 1.29 is 0 Å². The molecule has 0 aliphatic rings. The number of hydrogen-bond acceptors (Lipinski definition) is 4. The van der Waals surface area contributed by atoms with Crippen LogP contribution in [0.2, 0.25) is 0 Å². The van der Waals surface area contributed by atoms with E-state index in [0.717, 1.165) is 46.1 Å². The molecule has 0 amide bonds. The van der Waals surface area contributed by atoms with E-state index < -0.39 is 0 Å². The van der Waals surface area contributed by atoms with Crippen LogP contribution >= 0.6 is 0 Å². The first kappa shape index (κ1) is 18.0. The second-order valence-electron chi connectivity index (χ2n) is 6.96. The number of benzene rings is 3. The molecule has 4 aromatic rings. The molecule has 0 saturated carbocycles. The zero-order valence-corrected chi connectivity index (χ0v) is 16.2. The number of nitrogens with zero attached hydrogens (tertiary/aromatic N) is 2. The predicted octanol–water partition coefficient (Wildman–Crippen LogP) is 5.25. The second-order valence-corrected chi connectivity index (χ2v) is 6.96. The smallest absolute Gasteiger partial charge is 0.166 e. The molecular formula is C24H24N4. The van der Waals surface area contributed by atoms with E-state index >= 15 is 0 Å². The van der Waals surface area contributed by atoms with Crippen molar-refractivity contribution in [3.05, 3.63) is 71.8 Å². The van der Waals surface area contributed by atoms with Gasteiger partial charge in [-0.05, 0) is 46.7 Å². The molecule has 4 rings (SSSR count). The van der Waals surface area contributed by atoms with Gasteiger partial charge in [0.2, 0.25) is 0 Å². The summed E-state index contributed by atoms with van der Waals surface area (Å²) in [6.45, 7) is 4.33. The van der Waals surface area contributed by atoms with Gasteiger partial charge in [0, 0.05) is 5.56 Å². The summed E-state index contributed by atoms with van der Waals surface area (Å²) in [7, 11) is 0. The second kappa shape index (κ2) is 7.31. The topological polar surface area (TPSA) is 77.8 Å². The maximum atomic E-state index is 6.02. The number of aromatic nitrogens is 2. The van der Waals surface area contributed by atoms with Crippen LogP contribution in [0, 0.1) is 0 Å². The minimum atomic E-state index is 0.264. The van der Waals surface area contributed by atoms with Gasteiger partial charge in [0.05, 0.1) is 11.0 Å². The average Bonchev–Trinajstić information content (AvgIpc) is 2.74. The fraction of sp³-hybridized carbons (Fsp3) is 0.167. The molecule has 0 saturated heterocycles. The van der Waals surface area contributed by atoms with E-state index in [0.29, 0.717) is 0 Å². The zero-order valence-electron chi connectivity index (χ0n) is 16.2. The lowest BCUT2D eigenvalue weighted by atomic mass is 9.91. The van der Waals surface area contributed by atoms with E-state index in [1.54, 1.807) is 0 Å². The summed E-state index contributed by atoms with van der Waals surface area (Å²) in [5.41, 5.74) is 20.5. The summed E-state index contributed by atoms with van der Waals surface area (Å²) in [5, 5.41) is 0. The average molecular weight is 368 g/mol. The number of nitrogens with two attached hydrogens (primary N) is 2. The molecular weight excluding hydrogens is 344 g/mol. The molecule has 1 aromatic heterocycles. The number of fused-ring (bicyclic) bond motifs is 1. The largest absolute Gasteiger partial charge is 0.381 e. The zero-order chi connectivity index (χ0) is 19.7. The SMILES string of the molecule is CCc1cccc(-c2ccc3nc(N)c(N)nc3c2-c2cccc(CC)c2)c1. The van der Waals surface area contributed by atoms with E-state index in [4.69, 9.17) is 11.5 Å². The van der Waals surface area contributed by atoms with Gasteiger partial charge in [-0.3, -0.25) is 0 Å². The highest BCUT2D eigenvalue weighted by atomic mass is 15.0. The Morgan fingerprint density at radius 2 is 1.32 bits per heavy atom. The van der Waals surface area contributed by atoms with Crippen LogP contribution in [0.5, 0.6) is 0 Å². The lowest BCUT2D eigenvalue weighted by molar-refractivity contribution is 1.14. The van der Waals surface area contributed by atoms with Crippen LogP contribution in [0.15, 0.2) is 60.7 Å². The number of hydrogen-bond donors (Lipinski definition) is 2. The minimum absolute atomic E-state index is 0.264. The first-order valence-corrected chi connectivity index (χ1v) is 9.65. The Morgan fingerprint density at radius 3 is 2.00 bits per heavy atom. The summed E-state index contributed by atoms with van der Waals surface area (Å²) in [5.74, 6) is 0.529. The van der Waals surface area contributed by atoms with E-state index in [1.807, 2.05) is 6.07 Å². The Bertz CT molecular complexity index is 1160. The van der Waals surface area contributed by atoms with Crippen molar-refractivity contribution in [2.45, 2.75) is 26.7 Å². The van der Waals surface area contributed by atoms with Gasteiger partial charge in [-0.1, -0.05) is 68.4 Å². The van der Waals surface area contributed by atoms with Crippen LogP contribution in [-0.2, 0) is 12.8 Å². The summed E-state index contributed by atoms with van der Waals surface area (Å²) >= 11 is 0. The first-order valence-electron chi connectivity index (χ1n) is 9.65. The molecule has 0 atom stereocenters. The highest BCUT2D eigenvalue weighted by Gasteiger charge is 2.16. The van der Waals surface area contributed by atoms with Crippen LogP contribution in [0.4, 0.5) is 11.6 Å². The van der Waals surface area contributed by atoms with E-state index in [-0.39, 0.29) is 11.6 Å². The highest BCUT2D eigenvalue weighted by molar-refractivity contribution is 6.01. The number of aryl methyl sites for hydroxylation is 2. The van der Waals surface area contributed by atoms with Gasteiger partial charge in [0.25, 0.3) is 0 Å². The Kier molecular flexibility index (Phi) is 4.70. The predicted molar refractivity (Wildman–Crippen MR) is 118 cm³/mol. The normalized spacial score (nSPS) is 11.1. The summed E-state index contributed by atoms with van der Waals surface area (Å²) < 4.78 is 0. The van der Waals surface area contributed by atoms with Gasteiger partial charge >= 0.3 is 0 Å². The fourth-order valence-corrected chi connectivity index (χ4v) is 3.59. The summed E-state index contributed by atoms with van der Waals surface area (Å²) in [6, 6.07) is 21.3. The summed E-state index contributed by atoms with van der Waals surface area (Å²) in [4.78, 5) is 9.09. The lowest BCUT2D eigenvalue weighted by Crippen LogP contribution is -2.03. The Labute approximate surface area is 165 Å². The third kappa shape index (κ3) is 3.18. The van der Waals surface area contributed by atoms with Crippen LogP contribution in [0.1, 0.15) is 25.0 Å². The lowest BCUT2D eigenvalue weighted by Gasteiger charge is -2.15. The Balaban J connectivity index is 2.08. The molecule has 3 aromatic carbocycles. The molecule has 0 aliphatic heterocycles. The molecule has 0 aliphatic carbocycles. The van der Waals surface area contributed by atoms with E-state index in [9.17, 15) is 0 Å². The molecule has 0 spiro atoms. The van der Waals surface area contributed by atoms with Crippen molar-refractivity contribution in [3.63, 3.8) is 0 Å². The van der Waals surface area contributed by atoms with Crippen LogP contribution in [0.25, 0.3) is 33.3 Å². The van der Waals surface area contributed by atoms with E-state index in [2.05, 4.69) is 78.4 Å². The highest BCUT2D eigenvalue weighted by Crippen LogP contribution is 2.38. The maximum absolute atomic E-state index is 6.02. The van der Waals surface area contributed by atoms with Gasteiger partial charge in [0.15, 0.2) is 11.6 Å². The molecule has 1 heterocycles. The van der Waals surface area contributed by atoms with Crippen LogP contribution in [-0.4, -0.2) is 9.97 Å². The van der Waals surface area contributed by atoms with Gasteiger partial charge in [-0.15, -0.1) is 0 Å². The number of anilines is 2. The van der Waals surface area contributed by atoms with Gasteiger partial charge in [-0.2, -0.15) is 0 Å². The molecule has 28 heavy (non-hydrogen) atoms. The van der Waals surface area contributed by atoms with Crippen LogP contribution < -0.4 is 11.5 Å². The minimum Gasteiger partial charge on any atom is -0.381 e. The Morgan fingerprint density at radius 1 is 0.714 bits per heavy atom. The Hall–Kier alpha value is -3.40. The molecule has 4 N–H and O–H groups in total. The van der Waals surface area contributed by atoms with Gasteiger partial charge < -0.3 is 11.5 Å². The third-order valence-electron chi connectivity index (χ3n) is 5.16. The van der Waals surface area contributed by atoms with Crippen molar-refractivity contribution >= 4 is 22.7 Å². The fourth-order valence-electron chi connectivity index (χ4n) is 3.59. The summed E-state index contributed by atoms with van der Waals surface area (Å²) in [6.07, 6.45) is 1.96. The van der Waals surface area contributed by atoms with Crippen molar-refractivity contribution in [1.29, 1.82) is 0 Å². The standard InChI is InChI=1S/C24H24N4/c1-3-15-7-5-9-17(13-15)19-11-12-20-22(28-24(26)23(25)27-20)21(19)18-10-6-8-16(4-2)14-18/h5-14H,3-4H2,1-2H3,(H2,25,27)(H2,26,28). The molecule has 0 radical (unpaired) electrons. The van der Waals surface area contributed by atoms with Crippen molar-refractivity contribution in [3.8, 4) is 22.3 Å². The van der Waals surface area contributed by atoms with Gasteiger partial charge in [-0.25, -0.2) is 9.97 Å². The number of rotatable bonds is 4. The molecule has 0 fully saturated rings. The van der Waals surface area contributed by atoms with Crippen molar-refractivity contribution in [1.82, 2.24) is 9.97 Å². The quantitative estimate of drug-likeness (QED) is 0.515. The van der Waals surface area contributed by atoms with E-state index in [1.165, 1.54) is 11.1 Å². The van der Waals surface area contributed by atoms with Gasteiger partial charge in [0.1, 0.15) is 0 Å². The monoisotopic (exact) mass is 368 g/mol. The number of nitrogen functional groups attached to an aromatic ring is 2. The molecule has 4 heteroatoms. The first-order chi connectivity index (χ1) is 13.6. The third-order valence-corrected chi connectivity index (χ3v) is 5.16. The molecule has 140 valence electrons. The van der Waals surface area contributed by atoms with Crippen molar-refractivity contribution in [2.24, 2.45) is 0 Å². The molecule has 0 unspecified atom stereocenters. The molecule has 0 bridgehead atoms.